The lowest BCUT2D eigenvalue weighted by molar-refractivity contribution is -0.243. The average Bonchev–Trinajstić information content (AvgIpc) is 2.98. The Balaban J connectivity index is 1.56. The number of pyridine rings is 1. The zero-order chi connectivity index (χ0) is 16.2. The van der Waals surface area contributed by atoms with Gasteiger partial charge in [-0.2, -0.15) is 0 Å². The van der Waals surface area contributed by atoms with Crippen molar-refractivity contribution in [2.45, 2.75) is 45.8 Å². The summed E-state index contributed by atoms with van der Waals surface area (Å²) < 4.78 is 13.6. The Hall–Kier alpha value is -1.88. The van der Waals surface area contributed by atoms with Crippen LogP contribution in [-0.2, 0) is 9.47 Å². The molecule has 1 saturated heterocycles. The molecule has 1 aliphatic carbocycles. The van der Waals surface area contributed by atoms with Crippen LogP contribution >= 0.6 is 0 Å². The lowest BCUT2D eigenvalue weighted by Gasteiger charge is -2.58. The number of aryl methyl sites for hydroxylation is 1. The van der Waals surface area contributed by atoms with Crippen molar-refractivity contribution in [1.82, 2.24) is 9.38 Å². The molecule has 0 amide bonds. The highest BCUT2D eigenvalue weighted by Gasteiger charge is 2.60. The van der Waals surface area contributed by atoms with Crippen LogP contribution < -0.4 is 0 Å². The van der Waals surface area contributed by atoms with Gasteiger partial charge in [-0.05, 0) is 31.9 Å². The number of nitrogens with zero attached hydrogens (tertiary/aromatic N) is 2. The number of carbonyl (C=O) groups excluding carboxylic acids is 1. The predicted octanol–water partition coefficient (Wildman–Crippen LogP) is 3.00. The fraction of sp³-hybridized carbons (Fsp3) is 0.556. The van der Waals surface area contributed by atoms with E-state index in [0.29, 0.717) is 11.6 Å². The molecule has 0 unspecified atom stereocenters. The van der Waals surface area contributed by atoms with Crippen LogP contribution in [0.4, 0.5) is 0 Å². The Morgan fingerprint density at radius 2 is 2.26 bits per heavy atom. The van der Waals surface area contributed by atoms with Crippen molar-refractivity contribution in [3.63, 3.8) is 0 Å². The first-order valence-electron chi connectivity index (χ1n) is 8.26. The van der Waals surface area contributed by atoms with Crippen LogP contribution in [0, 0.1) is 18.3 Å². The molecule has 2 aromatic rings. The highest BCUT2D eigenvalue weighted by molar-refractivity contribution is 5.88. The SMILES string of the molecule is Cc1cccc2nc(C(=O)O[C@@H]3[C@@H]4CCCO[C@@H]4C3(C)C)cn12. The normalized spacial score (nSPS) is 28.9. The molecule has 0 N–H and O–H groups in total. The summed E-state index contributed by atoms with van der Waals surface area (Å²) in [5.74, 6) is -0.0170. The molecule has 5 nitrogen and oxygen atoms in total. The molecular formula is C18H22N2O3. The average molecular weight is 314 g/mol. The van der Waals surface area contributed by atoms with E-state index in [1.165, 1.54) is 0 Å². The van der Waals surface area contributed by atoms with Gasteiger partial charge in [0.05, 0.1) is 6.10 Å². The maximum Gasteiger partial charge on any atom is 0.358 e. The predicted molar refractivity (Wildman–Crippen MR) is 85.4 cm³/mol. The van der Waals surface area contributed by atoms with Crippen LogP contribution in [0.5, 0.6) is 0 Å². The standard InChI is InChI=1S/C18H22N2O3/c1-11-6-4-8-14-19-13(10-20(11)14)17(21)23-16-12-7-5-9-22-15(12)18(16,2)3/h4,6,8,10,12,15-16H,5,7,9H2,1-3H3/t12-,15+,16-/m1/s1. The molecule has 5 heteroatoms. The van der Waals surface area contributed by atoms with Crippen molar-refractivity contribution < 1.29 is 14.3 Å². The first kappa shape index (κ1) is 14.7. The van der Waals surface area contributed by atoms with Crippen molar-refractivity contribution in [1.29, 1.82) is 0 Å². The Bertz CT molecular complexity index is 765. The molecule has 122 valence electrons. The second-order valence-corrected chi connectivity index (χ2v) is 7.27. The maximum absolute atomic E-state index is 12.6. The number of esters is 1. The number of rotatable bonds is 2. The molecule has 2 aliphatic rings. The van der Waals surface area contributed by atoms with Crippen molar-refractivity contribution in [2.75, 3.05) is 6.61 Å². The Morgan fingerprint density at radius 3 is 3.04 bits per heavy atom. The van der Waals surface area contributed by atoms with Gasteiger partial charge in [0.15, 0.2) is 5.69 Å². The van der Waals surface area contributed by atoms with E-state index >= 15 is 0 Å². The lowest BCUT2D eigenvalue weighted by atomic mass is 9.57. The van der Waals surface area contributed by atoms with Crippen LogP contribution in [0.25, 0.3) is 5.65 Å². The van der Waals surface area contributed by atoms with E-state index in [4.69, 9.17) is 9.47 Å². The van der Waals surface area contributed by atoms with Gasteiger partial charge in [0.25, 0.3) is 0 Å². The van der Waals surface area contributed by atoms with Gasteiger partial charge >= 0.3 is 5.97 Å². The minimum absolute atomic E-state index is 0.0915. The zero-order valence-corrected chi connectivity index (χ0v) is 13.8. The van der Waals surface area contributed by atoms with Gasteiger partial charge in [-0.15, -0.1) is 0 Å². The van der Waals surface area contributed by atoms with Crippen LogP contribution in [0.3, 0.4) is 0 Å². The van der Waals surface area contributed by atoms with E-state index in [2.05, 4.69) is 18.8 Å². The van der Waals surface area contributed by atoms with E-state index in [-0.39, 0.29) is 23.6 Å². The number of carbonyl (C=O) groups is 1. The summed E-state index contributed by atoms with van der Waals surface area (Å²) >= 11 is 0. The molecule has 0 radical (unpaired) electrons. The fourth-order valence-electron chi connectivity index (χ4n) is 4.14. The minimum atomic E-state index is -0.338. The Kier molecular flexibility index (Phi) is 3.23. The third-order valence-electron chi connectivity index (χ3n) is 5.36. The molecule has 3 heterocycles. The van der Waals surface area contributed by atoms with Gasteiger partial charge in [0, 0.05) is 29.8 Å². The zero-order valence-electron chi connectivity index (χ0n) is 13.8. The van der Waals surface area contributed by atoms with Gasteiger partial charge < -0.3 is 13.9 Å². The van der Waals surface area contributed by atoms with E-state index in [1.807, 2.05) is 29.5 Å². The third-order valence-corrected chi connectivity index (χ3v) is 5.36. The highest BCUT2D eigenvalue weighted by atomic mass is 16.6. The first-order chi connectivity index (χ1) is 11.0. The van der Waals surface area contributed by atoms with Crippen molar-refractivity contribution in [2.24, 2.45) is 11.3 Å². The summed E-state index contributed by atoms with van der Waals surface area (Å²) in [5, 5.41) is 0. The molecule has 1 saturated carbocycles. The number of imidazole rings is 1. The summed E-state index contributed by atoms with van der Waals surface area (Å²) in [5.41, 5.74) is 2.05. The molecule has 23 heavy (non-hydrogen) atoms. The summed E-state index contributed by atoms with van der Waals surface area (Å²) in [4.78, 5) is 16.9. The summed E-state index contributed by atoms with van der Waals surface area (Å²) in [7, 11) is 0. The molecule has 1 aliphatic heterocycles. The van der Waals surface area contributed by atoms with Gasteiger partial charge in [-0.3, -0.25) is 0 Å². The van der Waals surface area contributed by atoms with Crippen LogP contribution in [-0.4, -0.2) is 34.2 Å². The Labute approximate surface area is 135 Å². The lowest BCUT2D eigenvalue weighted by Crippen LogP contribution is -2.65. The van der Waals surface area contributed by atoms with E-state index in [0.717, 1.165) is 30.8 Å². The monoisotopic (exact) mass is 314 g/mol. The second-order valence-electron chi connectivity index (χ2n) is 7.27. The highest BCUT2D eigenvalue weighted by Crippen LogP contribution is 2.53. The van der Waals surface area contributed by atoms with E-state index in [9.17, 15) is 4.79 Å². The summed E-state index contributed by atoms with van der Waals surface area (Å²) in [6, 6.07) is 5.82. The molecular weight excluding hydrogens is 292 g/mol. The second kappa shape index (κ2) is 5.06. The van der Waals surface area contributed by atoms with Crippen molar-refractivity contribution in [3.8, 4) is 0 Å². The minimum Gasteiger partial charge on any atom is -0.457 e. The largest absolute Gasteiger partial charge is 0.457 e. The van der Waals surface area contributed by atoms with Crippen LogP contribution in [0.2, 0.25) is 0 Å². The number of fused-ring (bicyclic) bond motifs is 2. The molecule has 0 bridgehead atoms. The van der Waals surface area contributed by atoms with E-state index < -0.39 is 0 Å². The topological polar surface area (TPSA) is 52.8 Å². The number of aromatic nitrogens is 2. The Morgan fingerprint density at radius 1 is 1.43 bits per heavy atom. The van der Waals surface area contributed by atoms with E-state index in [1.54, 1.807) is 6.20 Å². The molecule has 0 spiro atoms. The van der Waals surface area contributed by atoms with Crippen molar-refractivity contribution >= 4 is 11.6 Å². The van der Waals surface area contributed by atoms with Crippen LogP contribution in [0.1, 0.15) is 42.9 Å². The molecule has 3 atom stereocenters. The molecule has 0 aromatic carbocycles. The van der Waals surface area contributed by atoms with Gasteiger partial charge in [0.1, 0.15) is 11.8 Å². The van der Waals surface area contributed by atoms with Crippen LogP contribution in [0.15, 0.2) is 24.4 Å². The van der Waals surface area contributed by atoms with Crippen molar-refractivity contribution in [3.05, 3.63) is 35.8 Å². The molecule has 2 aromatic heterocycles. The van der Waals surface area contributed by atoms with Gasteiger partial charge in [-0.25, -0.2) is 9.78 Å². The quantitative estimate of drug-likeness (QED) is 0.800. The molecule has 4 rings (SSSR count). The third kappa shape index (κ3) is 2.17. The van der Waals surface area contributed by atoms with Gasteiger partial charge in [-0.1, -0.05) is 19.9 Å². The maximum atomic E-state index is 12.6. The smallest absolute Gasteiger partial charge is 0.358 e. The summed E-state index contributed by atoms with van der Waals surface area (Å²) in [6.07, 6.45) is 3.98. The van der Waals surface area contributed by atoms with Gasteiger partial charge in [0.2, 0.25) is 0 Å². The summed E-state index contributed by atoms with van der Waals surface area (Å²) in [6.45, 7) is 7.04. The molecule has 2 fully saturated rings. The fourth-order valence-corrected chi connectivity index (χ4v) is 4.14. The first-order valence-corrected chi connectivity index (χ1v) is 8.26. The number of hydrogen-bond donors (Lipinski definition) is 0. The number of ether oxygens (including phenoxy) is 2. The number of hydrogen-bond acceptors (Lipinski definition) is 4.